The number of H-pyrrole nitrogens is 2. The molecule has 2 aliphatic heterocycles. The van der Waals surface area contributed by atoms with Crippen LogP contribution in [0.25, 0.3) is 21.8 Å². The number of likely N-dealkylation sites (tertiary alicyclic amines) is 1. The number of halogens is 1. The molecule has 2 N–H and O–H groups in total. The minimum Gasteiger partial charge on any atom is -0.461 e. The molecule has 8 nitrogen and oxygen atoms in total. The van der Waals surface area contributed by atoms with Crippen molar-refractivity contribution in [2.75, 3.05) is 13.1 Å². The van der Waals surface area contributed by atoms with Crippen LogP contribution < -0.4 is 5.56 Å². The SMILES string of the molecule is O=C1OCc2c(cc(Br)c3[nH]ncc23)CC1CC(=O)N1CCC(c2cc3ccccc3[nH]c2=O)CC1. The Balaban J connectivity index is 1.14. The van der Waals surface area contributed by atoms with E-state index in [-0.39, 0.29) is 36.4 Å². The van der Waals surface area contributed by atoms with Crippen molar-refractivity contribution >= 4 is 49.6 Å². The second-order valence-corrected chi connectivity index (χ2v) is 10.5. The van der Waals surface area contributed by atoms with E-state index in [0.29, 0.717) is 19.5 Å². The summed E-state index contributed by atoms with van der Waals surface area (Å²) in [5.74, 6) is -0.817. The van der Waals surface area contributed by atoms with E-state index in [1.807, 2.05) is 41.3 Å². The first-order chi connectivity index (χ1) is 17.5. The van der Waals surface area contributed by atoms with Gasteiger partial charge in [0, 0.05) is 46.0 Å². The molecule has 6 rings (SSSR count). The number of pyridine rings is 1. The zero-order valence-corrected chi connectivity index (χ0v) is 21.1. The summed E-state index contributed by atoms with van der Waals surface area (Å²) in [6.07, 6.45) is 3.74. The highest BCUT2D eigenvalue weighted by atomic mass is 79.9. The van der Waals surface area contributed by atoms with Crippen LogP contribution in [0.1, 0.15) is 41.9 Å². The van der Waals surface area contributed by atoms with E-state index in [9.17, 15) is 14.4 Å². The number of cyclic esters (lactones) is 1. The van der Waals surface area contributed by atoms with Gasteiger partial charge in [0.2, 0.25) is 5.91 Å². The molecule has 0 spiro atoms. The molecule has 1 saturated heterocycles. The van der Waals surface area contributed by atoms with Crippen LogP contribution in [-0.4, -0.2) is 45.0 Å². The summed E-state index contributed by atoms with van der Waals surface area (Å²) in [6.45, 7) is 1.30. The molecule has 0 radical (unpaired) electrons. The Morgan fingerprint density at radius 3 is 2.81 bits per heavy atom. The van der Waals surface area contributed by atoms with Gasteiger partial charge in [0.15, 0.2) is 0 Å². The molecule has 1 fully saturated rings. The molecule has 1 amide bonds. The van der Waals surface area contributed by atoms with Gasteiger partial charge in [-0.25, -0.2) is 0 Å². The van der Waals surface area contributed by atoms with Gasteiger partial charge < -0.3 is 14.6 Å². The predicted molar refractivity (Wildman–Crippen MR) is 139 cm³/mol. The average molecular weight is 549 g/mol. The molecule has 1 atom stereocenters. The van der Waals surface area contributed by atoms with Gasteiger partial charge >= 0.3 is 5.97 Å². The summed E-state index contributed by atoms with van der Waals surface area (Å²) in [4.78, 5) is 43.4. The van der Waals surface area contributed by atoms with Crippen LogP contribution in [0.5, 0.6) is 0 Å². The summed E-state index contributed by atoms with van der Waals surface area (Å²) in [5.41, 5.74) is 4.35. The summed E-state index contributed by atoms with van der Waals surface area (Å²) in [6, 6.07) is 11.7. The number of hydrogen-bond acceptors (Lipinski definition) is 5. The molecule has 184 valence electrons. The number of piperidine rings is 1. The second kappa shape index (κ2) is 9.20. The number of benzene rings is 2. The van der Waals surface area contributed by atoms with Crippen LogP contribution >= 0.6 is 15.9 Å². The lowest BCUT2D eigenvalue weighted by Gasteiger charge is -2.32. The van der Waals surface area contributed by atoms with E-state index in [2.05, 4.69) is 31.1 Å². The normalized spacial score (nSPS) is 18.8. The number of esters is 1. The van der Waals surface area contributed by atoms with E-state index in [1.165, 1.54) is 0 Å². The van der Waals surface area contributed by atoms with Crippen molar-refractivity contribution in [3.63, 3.8) is 0 Å². The summed E-state index contributed by atoms with van der Waals surface area (Å²) < 4.78 is 6.44. The van der Waals surface area contributed by atoms with Crippen molar-refractivity contribution in [1.29, 1.82) is 0 Å². The Hall–Kier alpha value is -3.46. The van der Waals surface area contributed by atoms with Crippen molar-refractivity contribution in [3.05, 3.63) is 74.1 Å². The average Bonchev–Trinajstić information content (AvgIpc) is 3.33. The zero-order valence-electron chi connectivity index (χ0n) is 19.6. The van der Waals surface area contributed by atoms with Crippen LogP contribution in [0.3, 0.4) is 0 Å². The number of carbonyl (C=O) groups excluding carboxylic acids is 2. The fourth-order valence-electron chi connectivity index (χ4n) is 5.55. The number of ether oxygens (including phenoxy) is 1. The fourth-order valence-corrected chi connectivity index (χ4v) is 6.13. The van der Waals surface area contributed by atoms with E-state index >= 15 is 0 Å². The molecule has 2 aromatic carbocycles. The second-order valence-electron chi connectivity index (χ2n) is 9.66. The highest BCUT2D eigenvalue weighted by Gasteiger charge is 2.32. The van der Waals surface area contributed by atoms with Crippen molar-refractivity contribution in [3.8, 4) is 0 Å². The Labute approximate surface area is 215 Å². The third-order valence-electron chi connectivity index (χ3n) is 7.54. The molecule has 1 unspecified atom stereocenters. The van der Waals surface area contributed by atoms with Crippen molar-refractivity contribution in [2.45, 2.75) is 38.2 Å². The maximum absolute atomic E-state index is 13.2. The maximum atomic E-state index is 13.2. The smallest absolute Gasteiger partial charge is 0.310 e. The third-order valence-corrected chi connectivity index (χ3v) is 8.17. The Bertz CT molecular complexity index is 1550. The quantitative estimate of drug-likeness (QED) is 0.373. The van der Waals surface area contributed by atoms with Crippen molar-refractivity contribution < 1.29 is 14.3 Å². The number of rotatable bonds is 3. The molecule has 9 heteroatoms. The van der Waals surface area contributed by atoms with E-state index in [4.69, 9.17) is 4.74 Å². The first-order valence-corrected chi connectivity index (χ1v) is 13.0. The molecular weight excluding hydrogens is 524 g/mol. The highest BCUT2D eigenvalue weighted by Crippen LogP contribution is 2.34. The minimum absolute atomic E-state index is 0.0466. The molecule has 4 heterocycles. The molecular formula is C27H25BrN4O4. The first-order valence-electron chi connectivity index (χ1n) is 12.2. The number of hydrogen-bond donors (Lipinski definition) is 2. The standard InChI is InChI=1S/C27H25BrN4O4/c28-22-11-17-9-18(27(35)36-14-21(17)20-13-29-31-25(20)22)12-24(33)32-7-5-15(6-8-32)19-10-16-3-1-2-4-23(16)30-26(19)34/h1-4,10-11,13,15,18H,5-9,12,14H2,(H,29,31)(H,30,34). The molecule has 2 aliphatic rings. The summed E-state index contributed by atoms with van der Waals surface area (Å²) in [7, 11) is 0. The third kappa shape index (κ3) is 4.11. The number of amides is 1. The number of aromatic nitrogens is 3. The number of nitrogens with zero attached hydrogens (tertiary/aromatic N) is 2. The predicted octanol–water partition coefficient (Wildman–Crippen LogP) is 4.18. The van der Waals surface area contributed by atoms with Gasteiger partial charge in [-0.3, -0.25) is 19.5 Å². The molecule has 2 aromatic heterocycles. The van der Waals surface area contributed by atoms with E-state index in [0.717, 1.165) is 55.8 Å². The maximum Gasteiger partial charge on any atom is 0.310 e. The van der Waals surface area contributed by atoms with Crippen LogP contribution in [0, 0.1) is 5.92 Å². The number of carbonyl (C=O) groups is 2. The van der Waals surface area contributed by atoms with Crippen LogP contribution in [0.2, 0.25) is 0 Å². The molecule has 4 aromatic rings. The monoisotopic (exact) mass is 548 g/mol. The topological polar surface area (TPSA) is 108 Å². The van der Waals surface area contributed by atoms with Gasteiger partial charge in [-0.15, -0.1) is 0 Å². The van der Waals surface area contributed by atoms with Crippen LogP contribution in [0.15, 0.2) is 51.9 Å². The lowest BCUT2D eigenvalue weighted by atomic mass is 9.88. The van der Waals surface area contributed by atoms with Crippen molar-refractivity contribution in [1.82, 2.24) is 20.1 Å². The van der Waals surface area contributed by atoms with Crippen molar-refractivity contribution in [2.24, 2.45) is 5.92 Å². The van der Waals surface area contributed by atoms with E-state index in [1.54, 1.807) is 6.20 Å². The van der Waals surface area contributed by atoms with Crippen LogP contribution in [-0.2, 0) is 27.4 Å². The number of para-hydroxylation sites is 1. The fraction of sp³-hybridized carbons (Fsp3) is 0.333. The molecule has 0 bridgehead atoms. The number of nitrogens with one attached hydrogen (secondary N) is 2. The van der Waals surface area contributed by atoms with Gasteiger partial charge in [-0.1, -0.05) is 18.2 Å². The summed E-state index contributed by atoms with van der Waals surface area (Å²) in [5, 5.41) is 9.02. The number of aromatic amines is 2. The minimum atomic E-state index is -0.531. The molecule has 0 aliphatic carbocycles. The van der Waals surface area contributed by atoms with Gasteiger partial charge in [0.1, 0.15) is 6.61 Å². The summed E-state index contributed by atoms with van der Waals surface area (Å²) >= 11 is 3.58. The molecule has 0 saturated carbocycles. The first kappa shape index (κ1) is 23.0. The number of fused-ring (bicyclic) bond motifs is 4. The Kier molecular flexibility index (Phi) is 5.87. The largest absolute Gasteiger partial charge is 0.461 e. The highest BCUT2D eigenvalue weighted by molar-refractivity contribution is 9.10. The zero-order chi connectivity index (χ0) is 24.8. The van der Waals surface area contributed by atoms with Crippen LogP contribution in [0.4, 0.5) is 0 Å². The van der Waals surface area contributed by atoms with E-state index < -0.39 is 5.92 Å². The van der Waals surface area contributed by atoms with Gasteiger partial charge in [-0.05, 0) is 70.3 Å². The molecule has 36 heavy (non-hydrogen) atoms. The van der Waals surface area contributed by atoms with Gasteiger partial charge in [0.05, 0.1) is 17.6 Å². The van der Waals surface area contributed by atoms with Gasteiger partial charge in [-0.2, -0.15) is 5.10 Å². The van der Waals surface area contributed by atoms with Gasteiger partial charge in [0.25, 0.3) is 5.56 Å². The lowest BCUT2D eigenvalue weighted by molar-refractivity contribution is -0.152. The Morgan fingerprint density at radius 2 is 1.97 bits per heavy atom. The Morgan fingerprint density at radius 1 is 1.17 bits per heavy atom. The lowest BCUT2D eigenvalue weighted by Crippen LogP contribution is -2.40.